The lowest BCUT2D eigenvalue weighted by atomic mass is 9.96. The average Bonchev–Trinajstić information content (AvgIpc) is 2.52. The molecule has 1 aromatic carbocycles. The zero-order valence-electron chi connectivity index (χ0n) is 14.3. The number of nitrogens with zero attached hydrogens (tertiary/aromatic N) is 4. The molecule has 10 heteroatoms. The number of hydrogen-bond donors (Lipinski definition) is 1. The van der Waals surface area contributed by atoms with Gasteiger partial charge in [-0.15, -0.1) is 0 Å². The van der Waals surface area contributed by atoms with Crippen LogP contribution in [0.15, 0.2) is 23.1 Å². The fourth-order valence-corrected chi connectivity index (χ4v) is 4.64. The smallest absolute Gasteiger partial charge is 0.293 e. The Labute approximate surface area is 146 Å². The number of β-amino-alcohol motifs (C(OH)–C–C–N with tert-alkyl or cyclic N) is 1. The third-order valence-electron chi connectivity index (χ3n) is 4.65. The van der Waals surface area contributed by atoms with Crippen molar-refractivity contribution in [2.24, 2.45) is 0 Å². The molecule has 1 aromatic rings. The summed E-state index contributed by atoms with van der Waals surface area (Å²) in [4.78, 5) is 14.5. The summed E-state index contributed by atoms with van der Waals surface area (Å²) in [5.74, 6) is 0. The van der Waals surface area contributed by atoms with Crippen molar-refractivity contribution in [1.82, 2.24) is 9.21 Å². The second kappa shape index (κ2) is 6.20. The van der Waals surface area contributed by atoms with Crippen LogP contribution in [-0.4, -0.2) is 79.6 Å². The number of likely N-dealkylation sites (N-methyl/N-ethyl adjacent to an activating group) is 1. The van der Waals surface area contributed by atoms with Gasteiger partial charge in [-0.3, -0.25) is 10.1 Å². The van der Waals surface area contributed by atoms with Crippen molar-refractivity contribution >= 4 is 21.4 Å². The third-order valence-corrected chi connectivity index (χ3v) is 6.54. The minimum atomic E-state index is -3.76. The van der Waals surface area contributed by atoms with E-state index >= 15 is 0 Å². The largest absolute Gasteiger partial charge is 0.386 e. The first-order valence-corrected chi connectivity index (χ1v) is 9.49. The zero-order valence-corrected chi connectivity index (χ0v) is 15.1. The molecule has 9 nitrogen and oxygen atoms in total. The van der Waals surface area contributed by atoms with E-state index in [1.165, 1.54) is 16.4 Å². The summed E-state index contributed by atoms with van der Waals surface area (Å²) in [7, 11) is -1.84. The molecule has 0 radical (unpaired) electrons. The summed E-state index contributed by atoms with van der Waals surface area (Å²) in [6.45, 7) is 4.19. The molecule has 138 valence electrons. The molecule has 2 aliphatic heterocycles. The fourth-order valence-electron chi connectivity index (χ4n) is 3.20. The maximum atomic E-state index is 12.8. The molecule has 0 atom stereocenters. The highest BCUT2D eigenvalue weighted by Crippen LogP contribution is 2.36. The Morgan fingerprint density at radius 3 is 2.32 bits per heavy atom. The van der Waals surface area contributed by atoms with Gasteiger partial charge in [-0.05, 0) is 26.1 Å². The van der Waals surface area contributed by atoms with E-state index in [1.807, 2.05) is 11.9 Å². The minimum Gasteiger partial charge on any atom is -0.386 e. The number of piperazine rings is 1. The van der Waals surface area contributed by atoms with E-state index in [0.29, 0.717) is 31.9 Å². The number of nitro benzene ring substituents is 1. The molecule has 2 saturated heterocycles. The normalized spacial score (nSPS) is 21.8. The molecule has 2 heterocycles. The summed E-state index contributed by atoms with van der Waals surface area (Å²) < 4.78 is 26.9. The topological polar surface area (TPSA) is 107 Å². The number of benzene rings is 1. The van der Waals surface area contributed by atoms with Gasteiger partial charge in [-0.25, -0.2) is 8.42 Å². The number of sulfonamides is 1. The zero-order chi connectivity index (χ0) is 18.4. The van der Waals surface area contributed by atoms with Gasteiger partial charge in [0.25, 0.3) is 5.69 Å². The lowest BCUT2D eigenvalue weighted by Gasteiger charge is -2.45. The Morgan fingerprint density at radius 1 is 1.20 bits per heavy atom. The first kappa shape index (κ1) is 18.1. The van der Waals surface area contributed by atoms with Crippen LogP contribution < -0.4 is 4.90 Å². The summed E-state index contributed by atoms with van der Waals surface area (Å²) in [6, 6.07) is 3.98. The van der Waals surface area contributed by atoms with E-state index in [0.717, 1.165) is 6.07 Å². The second-order valence-corrected chi connectivity index (χ2v) is 8.91. The number of nitro groups is 1. The molecular formula is C15H22N4O5S. The van der Waals surface area contributed by atoms with Crippen LogP contribution in [0.25, 0.3) is 0 Å². The van der Waals surface area contributed by atoms with Gasteiger partial charge in [-0.2, -0.15) is 4.31 Å². The monoisotopic (exact) mass is 370 g/mol. The molecule has 0 aromatic heterocycles. The van der Waals surface area contributed by atoms with E-state index in [2.05, 4.69) is 0 Å². The van der Waals surface area contributed by atoms with Crippen LogP contribution >= 0.6 is 0 Å². The van der Waals surface area contributed by atoms with E-state index in [1.54, 1.807) is 11.8 Å². The molecule has 0 bridgehead atoms. The van der Waals surface area contributed by atoms with Gasteiger partial charge < -0.3 is 14.9 Å². The SMILES string of the molecule is CN1CCN(S(=O)(=O)c2ccc(N3CC(C)(O)C3)c([N+](=O)[O-])c2)CC1. The van der Waals surface area contributed by atoms with Crippen molar-refractivity contribution in [3.05, 3.63) is 28.3 Å². The summed E-state index contributed by atoms with van der Waals surface area (Å²) in [5, 5.41) is 21.3. The summed E-state index contributed by atoms with van der Waals surface area (Å²) >= 11 is 0. The van der Waals surface area contributed by atoms with E-state index in [-0.39, 0.29) is 23.7 Å². The van der Waals surface area contributed by atoms with Crippen LogP contribution in [0, 0.1) is 10.1 Å². The van der Waals surface area contributed by atoms with Gasteiger partial charge in [0.05, 0.1) is 15.4 Å². The van der Waals surface area contributed by atoms with E-state index in [9.17, 15) is 23.6 Å². The van der Waals surface area contributed by atoms with Crippen molar-refractivity contribution in [2.45, 2.75) is 17.4 Å². The molecule has 0 spiro atoms. The number of rotatable bonds is 4. The first-order chi connectivity index (χ1) is 11.6. The highest BCUT2D eigenvalue weighted by Gasteiger charge is 2.40. The molecule has 0 unspecified atom stereocenters. The Balaban J connectivity index is 1.90. The van der Waals surface area contributed by atoms with Crippen LogP contribution in [0.5, 0.6) is 0 Å². The van der Waals surface area contributed by atoms with Gasteiger partial charge in [0.2, 0.25) is 10.0 Å². The number of aliphatic hydroxyl groups is 1. The molecule has 0 saturated carbocycles. The lowest BCUT2D eigenvalue weighted by molar-refractivity contribution is -0.384. The Bertz CT molecular complexity index is 779. The van der Waals surface area contributed by atoms with Gasteiger partial charge >= 0.3 is 0 Å². The summed E-state index contributed by atoms with van der Waals surface area (Å²) in [5.41, 5.74) is -0.808. The maximum Gasteiger partial charge on any atom is 0.293 e. The molecular weight excluding hydrogens is 348 g/mol. The van der Waals surface area contributed by atoms with Crippen molar-refractivity contribution in [3.8, 4) is 0 Å². The van der Waals surface area contributed by atoms with Gasteiger partial charge in [0.15, 0.2) is 0 Å². The standard InChI is InChI=1S/C15H22N4O5S/c1-15(20)10-17(11-15)13-4-3-12(9-14(13)19(21)22)25(23,24)18-7-5-16(2)6-8-18/h3-4,9,20H,5-8,10-11H2,1-2H3. The van der Waals surface area contributed by atoms with Gasteiger partial charge in [-0.1, -0.05) is 0 Å². The van der Waals surface area contributed by atoms with Crippen molar-refractivity contribution in [3.63, 3.8) is 0 Å². The highest BCUT2D eigenvalue weighted by atomic mass is 32.2. The average molecular weight is 370 g/mol. The molecule has 0 aliphatic carbocycles. The third kappa shape index (κ3) is 3.47. The van der Waals surface area contributed by atoms with Crippen LogP contribution in [-0.2, 0) is 10.0 Å². The van der Waals surface area contributed by atoms with E-state index in [4.69, 9.17) is 0 Å². The van der Waals surface area contributed by atoms with Crippen molar-refractivity contribution < 1.29 is 18.4 Å². The first-order valence-electron chi connectivity index (χ1n) is 8.05. The Hall–Kier alpha value is -1.75. The summed E-state index contributed by atoms with van der Waals surface area (Å²) in [6.07, 6.45) is 0. The second-order valence-electron chi connectivity index (χ2n) is 6.97. The molecule has 2 aliphatic rings. The maximum absolute atomic E-state index is 12.8. The van der Waals surface area contributed by atoms with Crippen LogP contribution in [0.4, 0.5) is 11.4 Å². The van der Waals surface area contributed by atoms with Gasteiger partial charge in [0.1, 0.15) is 5.69 Å². The molecule has 0 amide bonds. The number of anilines is 1. The predicted molar refractivity (Wildman–Crippen MR) is 92.2 cm³/mol. The molecule has 25 heavy (non-hydrogen) atoms. The molecule has 1 N–H and O–H groups in total. The van der Waals surface area contributed by atoms with E-state index < -0.39 is 20.5 Å². The molecule has 2 fully saturated rings. The van der Waals surface area contributed by atoms with Crippen LogP contribution in [0.2, 0.25) is 0 Å². The van der Waals surface area contributed by atoms with Crippen molar-refractivity contribution in [1.29, 1.82) is 0 Å². The quantitative estimate of drug-likeness (QED) is 0.592. The Kier molecular flexibility index (Phi) is 4.48. The number of hydrogen-bond acceptors (Lipinski definition) is 7. The van der Waals surface area contributed by atoms with Crippen LogP contribution in [0.3, 0.4) is 0 Å². The highest BCUT2D eigenvalue weighted by molar-refractivity contribution is 7.89. The molecule has 3 rings (SSSR count). The fraction of sp³-hybridized carbons (Fsp3) is 0.600. The predicted octanol–water partition coefficient (Wildman–Crippen LogP) is 0.102. The minimum absolute atomic E-state index is 0.0696. The van der Waals surface area contributed by atoms with Crippen LogP contribution in [0.1, 0.15) is 6.92 Å². The van der Waals surface area contributed by atoms with Crippen molar-refractivity contribution in [2.75, 3.05) is 51.2 Å². The Morgan fingerprint density at radius 2 is 1.80 bits per heavy atom. The van der Waals surface area contributed by atoms with Gasteiger partial charge in [0, 0.05) is 45.3 Å². The lowest BCUT2D eigenvalue weighted by Crippen LogP contribution is -2.60.